The second kappa shape index (κ2) is 6.98. The lowest BCUT2D eigenvalue weighted by Gasteiger charge is -2.10. The minimum Gasteiger partial charge on any atom is -0.507 e. The van der Waals surface area contributed by atoms with Crippen LogP contribution in [0.25, 0.3) is 22.4 Å². The zero-order valence-electron chi connectivity index (χ0n) is 14.3. The number of phenols is 1. The van der Waals surface area contributed by atoms with E-state index in [-0.39, 0.29) is 0 Å². The molecule has 25 heavy (non-hydrogen) atoms. The Morgan fingerprint density at radius 2 is 1.88 bits per heavy atom. The largest absolute Gasteiger partial charge is 0.507 e. The smallest absolute Gasteiger partial charge is 0.180 e. The molecule has 2 heterocycles. The average Bonchev–Trinajstić information content (AvgIpc) is 2.58. The highest BCUT2D eigenvalue weighted by Gasteiger charge is 2.09. The molecule has 2 aromatic heterocycles. The summed E-state index contributed by atoms with van der Waals surface area (Å²) in [6.07, 6.45) is 1.71. The van der Waals surface area contributed by atoms with Crippen molar-refractivity contribution in [2.75, 3.05) is 11.9 Å². The fourth-order valence-electron chi connectivity index (χ4n) is 2.53. The number of fused-ring (bicyclic) bond motifs is 1. The Labute approximate surface area is 151 Å². The van der Waals surface area contributed by atoms with Gasteiger partial charge in [0.2, 0.25) is 0 Å². The maximum Gasteiger partial charge on any atom is 0.180 e. The van der Waals surface area contributed by atoms with Crippen molar-refractivity contribution in [2.24, 2.45) is 0 Å². The van der Waals surface area contributed by atoms with Crippen molar-refractivity contribution in [1.82, 2.24) is 20.3 Å². The summed E-state index contributed by atoms with van der Waals surface area (Å²) in [5.74, 6) is 0.919. The van der Waals surface area contributed by atoms with Crippen LogP contribution in [0.5, 0.6) is 5.75 Å². The van der Waals surface area contributed by atoms with Gasteiger partial charge in [0.1, 0.15) is 17.1 Å². The summed E-state index contributed by atoms with van der Waals surface area (Å²) in [7, 11) is 0. The Morgan fingerprint density at radius 3 is 2.56 bits per heavy atom. The topological polar surface area (TPSA) is 83.0 Å². The van der Waals surface area contributed by atoms with Crippen molar-refractivity contribution in [1.29, 1.82) is 0 Å². The highest BCUT2D eigenvalue weighted by molar-refractivity contribution is 7.80. The summed E-state index contributed by atoms with van der Waals surface area (Å²) in [4.78, 5) is 13.5. The summed E-state index contributed by atoms with van der Waals surface area (Å²) in [5.41, 5.74) is 4.44. The van der Waals surface area contributed by atoms with Crippen molar-refractivity contribution < 1.29 is 5.11 Å². The van der Waals surface area contributed by atoms with Gasteiger partial charge >= 0.3 is 0 Å². The van der Waals surface area contributed by atoms with Gasteiger partial charge < -0.3 is 15.7 Å². The standard InChI is InChI=1S/C18H19N5OS/c1-4-19-18(25)23-15-6-5-13-17(22-15)21-14(9-20-13)12-7-10(2)16(24)11(3)8-12/h5-9,24H,4H2,1-3H3,(H2,19,21,22,23,25). The number of rotatable bonds is 3. The fourth-order valence-corrected chi connectivity index (χ4v) is 2.78. The highest BCUT2D eigenvalue weighted by atomic mass is 32.1. The number of pyridine rings is 1. The van der Waals surface area contributed by atoms with Gasteiger partial charge in [0.15, 0.2) is 10.8 Å². The zero-order valence-corrected chi connectivity index (χ0v) is 15.1. The SMILES string of the molecule is CCNC(=S)Nc1ccc2ncc(-c3cc(C)c(O)c(C)c3)nc2n1. The lowest BCUT2D eigenvalue weighted by molar-refractivity contribution is 0.467. The van der Waals surface area contributed by atoms with Crippen LogP contribution in [0.1, 0.15) is 18.1 Å². The molecule has 0 amide bonds. The third kappa shape index (κ3) is 3.66. The molecule has 0 unspecified atom stereocenters. The normalized spacial score (nSPS) is 10.7. The molecule has 0 aliphatic carbocycles. The first kappa shape index (κ1) is 17.0. The molecule has 128 valence electrons. The Bertz CT molecular complexity index is 934. The van der Waals surface area contributed by atoms with Crippen LogP contribution in [0, 0.1) is 13.8 Å². The maximum atomic E-state index is 9.94. The van der Waals surface area contributed by atoms with Gasteiger partial charge in [-0.2, -0.15) is 0 Å². The van der Waals surface area contributed by atoms with E-state index < -0.39 is 0 Å². The van der Waals surface area contributed by atoms with Gasteiger partial charge in [-0.25, -0.2) is 9.97 Å². The predicted octanol–water partition coefficient (Wildman–Crippen LogP) is 3.32. The lowest BCUT2D eigenvalue weighted by atomic mass is 10.0. The number of thiocarbonyl (C=S) groups is 1. The summed E-state index contributed by atoms with van der Waals surface area (Å²) in [5, 5.41) is 16.5. The quantitative estimate of drug-likeness (QED) is 0.623. The summed E-state index contributed by atoms with van der Waals surface area (Å²) >= 11 is 5.18. The predicted molar refractivity (Wildman–Crippen MR) is 104 cm³/mol. The van der Waals surface area contributed by atoms with E-state index in [2.05, 4.69) is 25.6 Å². The van der Waals surface area contributed by atoms with Gasteiger partial charge in [0.25, 0.3) is 0 Å². The van der Waals surface area contributed by atoms with Crippen LogP contribution < -0.4 is 10.6 Å². The van der Waals surface area contributed by atoms with Crippen LogP contribution in [0.3, 0.4) is 0 Å². The number of aryl methyl sites for hydroxylation is 2. The number of aromatic hydroxyl groups is 1. The number of aromatic nitrogens is 3. The molecule has 0 spiro atoms. The first-order valence-corrected chi connectivity index (χ1v) is 8.38. The van der Waals surface area contributed by atoms with Gasteiger partial charge in [-0.05, 0) is 68.4 Å². The third-order valence-corrected chi connectivity index (χ3v) is 4.02. The van der Waals surface area contributed by atoms with Crippen LogP contribution in [0.4, 0.5) is 5.82 Å². The van der Waals surface area contributed by atoms with Crippen LogP contribution in [0.15, 0.2) is 30.5 Å². The molecule has 1 aromatic carbocycles. The molecule has 0 radical (unpaired) electrons. The number of phenolic OH excluding ortho intramolecular Hbond substituents is 1. The molecule has 6 nitrogen and oxygen atoms in total. The Morgan fingerprint density at radius 1 is 1.16 bits per heavy atom. The average molecular weight is 353 g/mol. The number of nitrogens with one attached hydrogen (secondary N) is 2. The van der Waals surface area contributed by atoms with Gasteiger partial charge in [0.05, 0.1) is 11.9 Å². The zero-order chi connectivity index (χ0) is 18.0. The van der Waals surface area contributed by atoms with Crippen molar-refractivity contribution >= 4 is 34.3 Å². The van der Waals surface area contributed by atoms with Gasteiger partial charge in [0, 0.05) is 12.1 Å². The summed E-state index contributed by atoms with van der Waals surface area (Å²) in [6, 6.07) is 7.44. The molecule has 0 aliphatic rings. The van der Waals surface area contributed by atoms with E-state index in [0.29, 0.717) is 33.5 Å². The fraction of sp³-hybridized carbons (Fsp3) is 0.222. The monoisotopic (exact) mass is 353 g/mol. The lowest BCUT2D eigenvalue weighted by Crippen LogP contribution is -2.28. The van der Waals surface area contributed by atoms with Gasteiger partial charge in [-0.3, -0.25) is 4.98 Å². The summed E-state index contributed by atoms with van der Waals surface area (Å²) in [6.45, 7) is 6.44. The van der Waals surface area contributed by atoms with E-state index in [4.69, 9.17) is 12.2 Å². The number of anilines is 1. The number of hydrogen-bond donors (Lipinski definition) is 3. The van der Waals surface area contributed by atoms with E-state index in [0.717, 1.165) is 23.2 Å². The van der Waals surface area contributed by atoms with Crippen LogP contribution in [0.2, 0.25) is 0 Å². The molecular weight excluding hydrogens is 334 g/mol. The van der Waals surface area contributed by atoms with Crippen molar-refractivity contribution in [3.05, 3.63) is 41.6 Å². The number of hydrogen-bond acceptors (Lipinski definition) is 5. The van der Waals surface area contributed by atoms with E-state index in [1.165, 1.54) is 0 Å². The molecule has 3 N–H and O–H groups in total. The van der Waals surface area contributed by atoms with Gasteiger partial charge in [-0.1, -0.05) is 0 Å². The van der Waals surface area contributed by atoms with Crippen LogP contribution in [-0.4, -0.2) is 31.7 Å². The van der Waals surface area contributed by atoms with E-state index >= 15 is 0 Å². The third-order valence-electron chi connectivity index (χ3n) is 3.77. The van der Waals surface area contributed by atoms with E-state index in [1.807, 2.05) is 45.0 Å². The maximum absolute atomic E-state index is 9.94. The highest BCUT2D eigenvalue weighted by Crippen LogP contribution is 2.28. The minimum atomic E-state index is 0.305. The molecule has 0 saturated heterocycles. The van der Waals surface area contributed by atoms with Crippen LogP contribution >= 0.6 is 12.2 Å². The van der Waals surface area contributed by atoms with E-state index in [9.17, 15) is 5.11 Å². The van der Waals surface area contributed by atoms with Crippen molar-refractivity contribution in [3.63, 3.8) is 0 Å². The number of nitrogens with zero attached hydrogens (tertiary/aromatic N) is 3. The molecule has 0 bridgehead atoms. The van der Waals surface area contributed by atoms with Gasteiger partial charge in [-0.15, -0.1) is 0 Å². The molecule has 0 aliphatic heterocycles. The Kier molecular flexibility index (Phi) is 4.76. The van der Waals surface area contributed by atoms with E-state index in [1.54, 1.807) is 6.20 Å². The molecule has 0 saturated carbocycles. The Balaban J connectivity index is 1.99. The molecule has 7 heteroatoms. The molecule has 0 fully saturated rings. The molecular formula is C18H19N5OS. The first-order chi connectivity index (χ1) is 12.0. The van der Waals surface area contributed by atoms with Crippen molar-refractivity contribution in [3.8, 4) is 17.0 Å². The van der Waals surface area contributed by atoms with Crippen molar-refractivity contribution in [2.45, 2.75) is 20.8 Å². The molecule has 3 rings (SSSR count). The number of benzene rings is 1. The second-order valence-electron chi connectivity index (χ2n) is 5.74. The first-order valence-electron chi connectivity index (χ1n) is 7.97. The molecule has 0 atom stereocenters. The second-order valence-corrected chi connectivity index (χ2v) is 6.15. The Hall–Kier alpha value is -2.80. The van der Waals surface area contributed by atoms with Crippen LogP contribution in [-0.2, 0) is 0 Å². The minimum absolute atomic E-state index is 0.305. The molecule has 3 aromatic rings. The summed E-state index contributed by atoms with van der Waals surface area (Å²) < 4.78 is 0.